The van der Waals surface area contributed by atoms with Gasteiger partial charge < -0.3 is 94.4 Å². The first-order valence-corrected chi connectivity index (χ1v) is 29.9. The molecule has 4 fully saturated rings. The molecule has 472 valence electrons. The second-order valence-corrected chi connectivity index (χ2v) is 22.9. The molecule has 4 heterocycles. The summed E-state index contributed by atoms with van der Waals surface area (Å²) < 4.78 is 0. The zero-order valence-corrected chi connectivity index (χ0v) is 49.2. The van der Waals surface area contributed by atoms with Crippen molar-refractivity contribution in [1.82, 2.24) is 56.8 Å². The molecule has 0 radical (unpaired) electrons. The molecule has 11 atom stereocenters. The molecule has 11 amide bonds. The number of carbonyl (C=O) groups excluding carboxylic acids is 11. The van der Waals surface area contributed by atoms with Crippen LogP contribution in [0.15, 0.2) is 4.99 Å². The van der Waals surface area contributed by atoms with Gasteiger partial charge in [-0.05, 0) is 94.5 Å². The lowest BCUT2D eigenvalue weighted by Gasteiger charge is -2.34. The number of likely N-dealkylation sites (tertiary alicyclic amines) is 4. The minimum absolute atomic E-state index is 0.0449. The van der Waals surface area contributed by atoms with E-state index in [2.05, 4.69) is 42.2 Å². The number of aliphatic imine (C=N–C) groups is 1. The molecule has 0 bridgehead atoms. The Kier molecular flexibility index (Phi) is 27.8. The van der Waals surface area contributed by atoms with Crippen LogP contribution < -0.4 is 54.4 Å². The van der Waals surface area contributed by atoms with E-state index >= 15 is 0 Å². The Morgan fingerprint density at radius 3 is 1.54 bits per heavy atom. The van der Waals surface area contributed by atoms with Crippen molar-refractivity contribution in [3.63, 3.8) is 0 Å². The molecule has 0 aromatic carbocycles. The Hall–Kier alpha value is -6.90. The molecule has 31 nitrogen and oxygen atoms in total. The van der Waals surface area contributed by atoms with Crippen molar-refractivity contribution in [2.24, 2.45) is 34.0 Å². The predicted octanol–water partition coefficient (Wildman–Crippen LogP) is -6.52. The molecule has 17 N–H and O–H groups in total. The van der Waals surface area contributed by atoms with Crippen LogP contribution >= 0.6 is 11.8 Å². The van der Waals surface area contributed by atoms with Crippen LogP contribution in [0.1, 0.15) is 98.3 Å². The number of hydrogen-bond acceptors (Lipinski definition) is 18. The number of carboxylic acids is 1. The quantitative estimate of drug-likeness (QED) is 0.0174. The highest BCUT2D eigenvalue weighted by atomic mass is 32.2. The van der Waals surface area contributed by atoms with Gasteiger partial charge >= 0.3 is 5.97 Å². The van der Waals surface area contributed by atoms with Crippen LogP contribution in [0.2, 0.25) is 0 Å². The second-order valence-electron chi connectivity index (χ2n) is 22.0. The third-order valence-electron chi connectivity index (χ3n) is 15.2. The number of amides is 11. The number of aliphatic carboxylic acids is 1. The highest BCUT2D eigenvalue weighted by Crippen LogP contribution is 2.27. The summed E-state index contributed by atoms with van der Waals surface area (Å²) in [5, 5.41) is 57.1. The van der Waals surface area contributed by atoms with E-state index in [-0.39, 0.29) is 83.6 Å². The zero-order valence-electron chi connectivity index (χ0n) is 48.4. The first-order valence-electron chi connectivity index (χ1n) is 28.5. The highest BCUT2D eigenvalue weighted by Gasteiger charge is 2.46. The second kappa shape index (κ2) is 33.6. The van der Waals surface area contributed by atoms with Gasteiger partial charge in [-0.25, -0.2) is 4.79 Å². The summed E-state index contributed by atoms with van der Waals surface area (Å²) in [4.78, 5) is 171. The molecule has 0 spiro atoms. The summed E-state index contributed by atoms with van der Waals surface area (Å²) in [5.74, 6) is -10.3. The maximum absolute atomic E-state index is 14.4. The fourth-order valence-corrected chi connectivity index (χ4v) is 11.1. The van der Waals surface area contributed by atoms with Crippen molar-refractivity contribution in [2.45, 2.75) is 165 Å². The molecule has 4 aliphatic rings. The minimum Gasteiger partial charge on any atom is -0.480 e. The number of aliphatic hydroxyl groups excluding tert-OH is 3. The van der Waals surface area contributed by atoms with E-state index in [0.29, 0.717) is 31.4 Å². The van der Waals surface area contributed by atoms with Crippen LogP contribution in [0.3, 0.4) is 0 Å². The lowest BCUT2D eigenvalue weighted by molar-refractivity contribution is -0.150. The van der Waals surface area contributed by atoms with Gasteiger partial charge in [-0.15, -0.1) is 0 Å². The number of nitrogens with one attached hydrogen (secondary N) is 7. The average molecular weight is 1210 g/mol. The Morgan fingerprint density at radius 1 is 0.548 bits per heavy atom. The Bertz CT molecular complexity index is 2400. The van der Waals surface area contributed by atoms with Gasteiger partial charge in [0.05, 0.1) is 26.4 Å². The molecule has 4 aliphatic heterocycles. The largest absolute Gasteiger partial charge is 0.480 e. The number of carbonyl (C=O) groups is 12. The third kappa shape index (κ3) is 19.1. The van der Waals surface area contributed by atoms with Crippen molar-refractivity contribution in [1.29, 1.82) is 0 Å². The number of nitrogens with zero attached hydrogens (tertiary/aromatic N) is 5. The molecular weight excluding hydrogens is 1120 g/mol. The molecule has 0 aliphatic carbocycles. The van der Waals surface area contributed by atoms with Crippen molar-refractivity contribution in [3.8, 4) is 0 Å². The SMILES string of the molecule is CSCC[C@H](NC(=O)CNC(=O)[C@@H](NC(=O)[C@H](CO)NC(=O)[C@@H](NC(=O)[C@@H](N)CO)C(C)C)C(C)C)C(=O)N1CCC[C@H]1C(=O)N1CCC[C@H]1C(=O)N[C@@H](CO)C(=O)N1CCC[C@H]1C(=O)N[C@@H](CCCN=C(N)N)C(=O)N1CCC[C@H]1C(=O)O. The van der Waals surface area contributed by atoms with Crippen LogP contribution in [-0.4, -0.2) is 254 Å². The highest BCUT2D eigenvalue weighted by molar-refractivity contribution is 7.98. The first kappa shape index (κ1) is 69.6. The summed E-state index contributed by atoms with van der Waals surface area (Å²) >= 11 is 1.39. The number of guanidine groups is 1. The van der Waals surface area contributed by atoms with Crippen molar-refractivity contribution >= 4 is 88.7 Å². The third-order valence-corrected chi connectivity index (χ3v) is 15.8. The van der Waals surface area contributed by atoms with Gasteiger partial charge in [-0.1, -0.05) is 27.7 Å². The molecule has 4 saturated heterocycles. The normalized spacial score (nSPS) is 21.1. The Morgan fingerprint density at radius 2 is 1.01 bits per heavy atom. The number of rotatable bonds is 31. The fraction of sp³-hybridized carbons (Fsp3) is 0.750. The van der Waals surface area contributed by atoms with Gasteiger partial charge in [0.15, 0.2) is 5.96 Å². The van der Waals surface area contributed by atoms with Crippen LogP contribution in [0.4, 0.5) is 0 Å². The summed E-state index contributed by atoms with van der Waals surface area (Å²) in [7, 11) is 0. The van der Waals surface area contributed by atoms with Crippen molar-refractivity contribution < 1.29 is 78.0 Å². The van der Waals surface area contributed by atoms with Crippen molar-refractivity contribution in [2.75, 3.05) is 71.1 Å². The minimum atomic E-state index is -1.58. The smallest absolute Gasteiger partial charge is 0.326 e. The Balaban J connectivity index is 1.38. The average Bonchev–Trinajstić information content (AvgIpc) is 3.51. The van der Waals surface area contributed by atoms with Gasteiger partial charge in [-0.3, -0.25) is 57.7 Å². The molecule has 0 unspecified atom stereocenters. The monoisotopic (exact) mass is 1210 g/mol. The van der Waals surface area contributed by atoms with Gasteiger partial charge in [0.25, 0.3) is 0 Å². The Labute approximate surface area is 491 Å². The molecule has 0 aromatic heterocycles. The number of nitrogens with two attached hydrogens (primary N) is 3. The fourth-order valence-electron chi connectivity index (χ4n) is 10.6. The molecule has 0 aromatic rings. The van der Waals surface area contributed by atoms with Crippen LogP contribution in [0, 0.1) is 11.8 Å². The number of hydrogen-bond donors (Lipinski definition) is 14. The van der Waals surface area contributed by atoms with Gasteiger partial charge in [0.2, 0.25) is 65.0 Å². The number of thioether (sulfide) groups is 1. The van der Waals surface area contributed by atoms with Gasteiger partial charge in [0, 0.05) is 32.7 Å². The number of carboxylic acid groups (broad SMARTS) is 1. The van der Waals surface area contributed by atoms with E-state index in [0.717, 1.165) is 0 Å². The summed E-state index contributed by atoms with van der Waals surface area (Å²) in [5.41, 5.74) is 16.5. The van der Waals surface area contributed by atoms with E-state index in [4.69, 9.17) is 17.2 Å². The molecule has 84 heavy (non-hydrogen) atoms. The van der Waals surface area contributed by atoms with Crippen LogP contribution in [0.5, 0.6) is 0 Å². The van der Waals surface area contributed by atoms with E-state index in [1.807, 2.05) is 0 Å². The molecule has 4 rings (SSSR count). The molecule has 0 saturated carbocycles. The lowest BCUT2D eigenvalue weighted by Crippen LogP contribution is -2.61. The first-order chi connectivity index (χ1) is 39.8. The summed E-state index contributed by atoms with van der Waals surface area (Å²) in [6.07, 6.45) is 4.62. The zero-order chi connectivity index (χ0) is 62.5. The maximum Gasteiger partial charge on any atom is 0.326 e. The van der Waals surface area contributed by atoms with E-state index in [1.165, 1.54) is 31.4 Å². The maximum atomic E-state index is 14.4. The van der Waals surface area contributed by atoms with E-state index in [1.54, 1.807) is 34.0 Å². The lowest BCUT2D eigenvalue weighted by atomic mass is 10.0. The number of aliphatic hydroxyl groups is 3. The van der Waals surface area contributed by atoms with E-state index < -0.39 is 176 Å². The van der Waals surface area contributed by atoms with Crippen LogP contribution in [-0.2, 0) is 57.5 Å². The topological polar surface area (TPSA) is 473 Å². The van der Waals surface area contributed by atoms with E-state index in [9.17, 15) is 78.0 Å². The summed E-state index contributed by atoms with van der Waals surface area (Å²) in [6, 6.07) is -13.6. The predicted molar refractivity (Wildman–Crippen MR) is 303 cm³/mol. The van der Waals surface area contributed by atoms with Crippen molar-refractivity contribution in [3.05, 3.63) is 0 Å². The standard InChI is InChI=1S/C52H87N15O16S/c1-27(2)39(63-42(73)32(25-69)60-46(77)40(28(3)4)62-41(72)29(53)24-68)45(76)57-23-38(71)58-31(16-22-84-5)48(79)66-20-9-14-36(66)50(81)65-19-8-13-35(65)44(75)61-33(26-70)49(80)64-18-7-12-34(64)43(74)59-30(11-6-17-56-52(54)55)47(78)67-21-10-15-37(67)51(82)83/h27-37,39-40,68-70H,6-26,53H2,1-5H3,(H,57,76)(H,58,71)(H,59,74)(H,60,77)(H,61,75)(H,62,72)(H,63,73)(H,82,83)(H4,54,55,56)/t29-,30-,31-,32-,33-,34-,35-,36-,37-,39-,40-/m0/s1. The summed E-state index contributed by atoms with van der Waals surface area (Å²) in [6.45, 7) is 3.89. The molecular formula is C52H87N15O16S. The van der Waals surface area contributed by atoms with Crippen LogP contribution in [0.25, 0.3) is 0 Å². The van der Waals surface area contributed by atoms with Gasteiger partial charge in [0.1, 0.15) is 66.5 Å². The molecule has 32 heteroatoms. The van der Waals surface area contributed by atoms with Gasteiger partial charge in [-0.2, -0.15) is 11.8 Å².